The summed E-state index contributed by atoms with van der Waals surface area (Å²) in [7, 11) is 0. The van der Waals surface area contributed by atoms with Crippen LogP contribution >= 0.6 is 11.6 Å². The molecule has 144 valence electrons. The summed E-state index contributed by atoms with van der Waals surface area (Å²) in [5, 5.41) is 0.510. The van der Waals surface area contributed by atoms with Gasteiger partial charge in [-0.05, 0) is 49.4 Å². The van der Waals surface area contributed by atoms with E-state index >= 15 is 0 Å². The monoisotopic (exact) mass is 408 g/mol. The van der Waals surface area contributed by atoms with Crippen molar-refractivity contribution < 1.29 is 17.6 Å². The summed E-state index contributed by atoms with van der Waals surface area (Å²) >= 11 is 6.11. The number of aliphatic imine (C=N–C) groups is 1. The normalized spacial score (nSPS) is 16.9. The SMILES string of the molecule is Cc1nc2ccc(Cl)cc2n1C1N=CC=CN1c1ccc(C(F)(F)F)c(F)c1. The lowest BCUT2D eigenvalue weighted by molar-refractivity contribution is -0.139. The first-order chi connectivity index (χ1) is 13.3. The summed E-state index contributed by atoms with van der Waals surface area (Å²) < 4.78 is 54.5. The van der Waals surface area contributed by atoms with Gasteiger partial charge >= 0.3 is 6.18 Å². The number of anilines is 1. The highest BCUT2D eigenvalue weighted by atomic mass is 35.5. The van der Waals surface area contributed by atoms with Crippen molar-refractivity contribution >= 4 is 34.5 Å². The van der Waals surface area contributed by atoms with Crippen LogP contribution in [0.15, 0.2) is 53.7 Å². The molecule has 1 aliphatic rings. The molecular weight excluding hydrogens is 396 g/mol. The smallest absolute Gasteiger partial charge is 0.308 e. The maximum atomic E-state index is 14.1. The van der Waals surface area contributed by atoms with Gasteiger partial charge in [0, 0.05) is 23.1 Å². The lowest BCUT2D eigenvalue weighted by atomic mass is 10.1. The fourth-order valence-electron chi connectivity index (χ4n) is 3.19. The Bertz CT molecular complexity index is 1120. The zero-order valence-electron chi connectivity index (χ0n) is 14.5. The topological polar surface area (TPSA) is 33.4 Å². The first kappa shape index (κ1) is 18.5. The summed E-state index contributed by atoms with van der Waals surface area (Å²) in [6, 6.07) is 8.01. The fraction of sp³-hybridized carbons (Fsp3) is 0.158. The molecule has 0 N–H and O–H groups in total. The van der Waals surface area contributed by atoms with Gasteiger partial charge in [0.2, 0.25) is 6.29 Å². The van der Waals surface area contributed by atoms with Crippen molar-refractivity contribution in [1.82, 2.24) is 9.55 Å². The summed E-state index contributed by atoms with van der Waals surface area (Å²) in [5.74, 6) is -0.714. The summed E-state index contributed by atoms with van der Waals surface area (Å²) in [4.78, 5) is 10.5. The Hall–Kier alpha value is -2.87. The van der Waals surface area contributed by atoms with Gasteiger partial charge < -0.3 is 4.90 Å². The fourth-order valence-corrected chi connectivity index (χ4v) is 3.36. The second-order valence-electron chi connectivity index (χ2n) is 6.22. The number of alkyl halides is 3. The van der Waals surface area contributed by atoms with Gasteiger partial charge in [-0.1, -0.05) is 11.6 Å². The Kier molecular flexibility index (Phi) is 4.38. The molecule has 3 aromatic rings. The molecular formula is C19H13ClF4N4. The second kappa shape index (κ2) is 6.63. The van der Waals surface area contributed by atoms with Gasteiger partial charge in [-0.15, -0.1) is 0 Å². The molecule has 0 aliphatic carbocycles. The predicted molar refractivity (Wildman–Crippen MR) is 100 cm³/mol. The number of hydrogen-bond acceptors (Lipinski definition) is 3. The van der Waals surface area contributed by atoms with Gasteiger partial charge in [-0.3, -0.25) is 4.57 Å². The van der Waals surface area contributed by atoms with Crippen LogP contribution in [0.25, 0.3) is 11.0 Å². The van der Waals surface area contributed by atoms with E-state index in [1.807, 2.05) is 0 Å². The highest BCUT2D eigenvalue weighted by molar-refractivity contribution is 6.31. The number of benzene rings is 2. The van der Waals surface area contributed by atoms with Gasteiger partial charge in [-0.2, -0.15) is 13.2 Å². The van der Waals surface area contributed by atoms with E-state index in [1.165, 1.54) is 6.07 Å². The molecule has 1 unspecified atom stereocenters. The minimum atomic E-state index is -4.76. The van der Waals surface area contributed by atoms with Gasteiger partial charge in [-0.25, -0.2) is 14.4 Å². The predicted octanol–water partition coefficient (Wildman–Crippen LogP) is 5.72. The quantitative estimate of drug-likeness (QED) is 0.508. The molecule has 0 spiro atoms. The van der Waals surface area contributed by atoms with E-state index in [9.17, 15) is 17.6 Å². The second-order valence-corrected chi connectivity index (χ2v) is 6.65. The number of aromatic nitrogens is 2. The van der Waals surface area contributed by atoms with E-state index in [4.69, 9.17) is 11.6 Å². The van der Waals surface area contributed by atoms with Crippen molar-refractivity contribution in [1.29, 1.82) is 0 Å². The summed E-state index contributed by atoms with van der Waals surface area (Å²) in [5.41, 5.74) is 0.324. The van der Waals surface area contributed by atoms with Gasteiger partial charge in [0.05, 0.1) is 16.6 Å². The highest BCUT2D eigenvalue weighted by Crippen LogP contribution is 2.36. The van der Waals surface area contributed by atoms with Gasteiger partial charge in [0.1, 0.15) is 11.6 Å². The summed E-state index contributed by atoms with van der Waals surface area (Å²) in [6.45, 7) is 1.78. The molecule has 0 bridgehead atoms. The Labute approximate surface area is 162 Å². The lowest BCUT2D eigenvalue weighted by Crippen LogP contribution is -2.29. The molecule has 2 aromatic carbocycles. The third-order valence-electron chi connectivity index (χ3n) is 4.42. The summed E-state index contributed by atoms with van der Waals surface area (Å²) in [6.07, 6.45) is -0.642. The van der Waals surface area contributed by atoms with Crippen LogP contribution in [0.4, 0.5) is 23.2 Å². The number of imidazole rings is 1. The average molecular weight is 409 g/mol. The van der Waals surface area contributed by atoms with Crippen LogP contribution < -0.4 is 4.90 Å². The zero-order valence-corrected chi connectivity index (χ0v) is 15.2. The molecule has 9 heteroatoms. The molecule has 0 saturated heterocycles. The largest absolute Gasteiger partial charge is 0.419 e. The molecule has 4 nitrogen and oxygen atoms in total. The number of fused-ring (bicyclic) bond motifs is 1. The van der Waals surface area contributed by atoms with Crippen LogP contribution in [0.5, 0.6) is 0 Å². The van der Waals surface area contributed by atoms with E-state index in [-0.39, 0.29) is 5.69 Å². The van der Waals surface area contributed by atoms with Crippen LogP contribution in [0.1, 0.15) is 17.7 Å². The van der Waals surface area contributed by atoms with Crippen molar-refractivity contribution in [2.24, 2.45) is 4.99 Å². The number of hydrogen-bond donors (Lipinski definition) is 0. The van der Waals surface area contributed by atoms with Crippen LogP contribution in [-0.4, -0.2) is 15.8 Å². The highest BCUT2D eigenvalue weighted by Gasteiger charge is 2.34. The molecule has 1 aromatic heterocycles. The van der Waals surface area contributed by atoms with E-state index in [2.05, 4.69) is 9.98 Å². The van der Waals surface area contributed by atoms with Crippen molar-refractivity contribution in [3.63, 3.8) is 0 Å². The van der Waals surface area contributed by atoms with E-state index in [0.717, 1.165) is 12.1 Å². The Balaban J connectivity index is 1.82. The minimum absolute atomic E-state index is 0.229. The van der Waals surface area contributed by atoms with Crippen LogP contribution in [0.3, 0.4) is 0 Å². The van der Waals surface area contributed by atoms with E-state index in [0.29, 0.717) is 21.9 Å². The number of rotatable bonds is 2. The third-order valence-corrected chi connectivity index (χ3v) is 4.65. The molecule has 0 radical (unpaired) electrons. The zero-order chi connectivity index (χ0) is 20.1. The van der Waals surface area contributed by atoms with Crippen LogP contribution in [0.2, 0.25) is 5.02 Å². The standard InChI is InChI=1S/C19H13ClF4N4/c1-11-26-16-6-3-12(20)9-17(16)28(11)18-25-7-2-8-27(18)13-4-5-14(15(21)10-13)19(22,23)24/h2-10,18H,1H3. The van der Waals surface area contributed by atoms with E-state index in [1.54, 1.807) is 53.1 Å². The van der Waals surface area contributed by atoms with Gasteiger partial charge in [0.25, 0.3) is 0 Å². The van der Waals surface area contributed by atoms with Crippen LogP contribution in [0, 0.1) is 12.7 Å². The number of aryl methyl sites for hydroxylation is 1. The molecule has 2 heterocycles. The van der Waals surface area contributed by atoms with Crippen molar-refractivity contribution in [3.8, 4) is 0 Å². The van der Waals surface area contributed by atoms with Crippen molar-refractivity contribution in [2.75, 3.05) is 4.90 Å². The molecule has 0 amide bonds. The van der Waals surface area contributed by atoms with Gasteiger partial charge in [0.15, 0.2) is 0 Å². The molecule has 4 rings (SSSR count). The molecule has 1 aliphatic heterocycles. The number of allylic oxidation sites excluding steroid dienone is 1. The first-order valence-electron chi connectivity index (χ1n) is 8.25. The lowest BCUT2D eigenvalue weighted by Gasteiger charge is -2.31. The number of halogens is 5. The number of nitrogens with zero attached hydrogens (tertiary/aromatic N) is 4. The average Bonchev–Trinajstić information content (AvgIpc) is 2.95. The van der Waals surface area contributed by atoms with Crippen LogP contribution in [-0.2, 0) is 6.18 Å². The minimum Gasteiger partial charge on any atom is -0.308 e. The Morgan fingerprint density at radius 3 is 2.61 bits per heavy atom. The molecule has 0 saturated carbocycles. The molecule has 0 fully saturated rings. The van der Waals surface area contributed by atoms with E-state index < -0.39 is 23.8 Å². The maximum absolute atomic E-state index is 14.1. The maximum Gasteiger partial charge on any atom is 0.419 e. The first-order valence-corrected chi connectivity index (χ1v) is 8.62. The molecule has 28 heavy (non-hydrogen) atoms. The Morgan fingerprint density at radius 1 is 1.11 bits per heavy atom. The van der Waals surface area contributed by atoms with Crippen molar-refractivity contribution in [2.45, 2.75) is 19.4 Å². The molecule has 1 atom stereocenters. The Morgan fingerprint density at radius 2 is 1.89 bits per heavy atom. The van der Waals surface area contributed by atoms with Crippen molar-refractivity contribution in [3.05, 3.63) is 70.9 Å². The third kappa shape index (κ3) is 3.13.